The van der Waals surface area contributed by atoms with E-state index < -0.39 is 0 Å². The van der Waals surface area contributed by atoms with Crippen LogP contribution >= 0.6 is 0 Å². The molecule has 0 aliphatic carbocycles. The third kappa shape index (κ3) is 2.69. The van der Waals surface area contributed by atoms with Crippen molar-refractivity contribution in [3.05, 3.63) is 35.7 Å². The molecule has 0 saturated carbocycles. The smallest absolute Gasteiger partial charge is 0.152 e. The van der Waals surface area contributed by atoms with Crippen LogP contribution in [0.25, 0.3) is 6.08 Å². The number of ether oxygens (including phenoxy) is 1. The highest BCUT2D eigenvalue weighted by Gasteiger charge is 2.00. The van der Waals surface area contributed by atoms with Crippen molar-refractivity contribution in [2.45, 2.75) is 6.92 Å². The fourth-order valence-electron chi connectivity index (χ4n) is 1.04. The Morgan fingerprint density at radius 1 is 1.50 bits per heavy atom. The SMILES string of the molecule is COc1ccc(F)cc1C=CC(C)=O. The molecule has 2 nitrogen and oxygen atoms in total. The molecule has 0 spiro atoms. The Balaban J connectivity index is 3.04. The normalized spacial score (nSPS) is 10.5. The predicted molar refractivity (Wildman–Crippen MR) is 52.7 cm³/mol. The lowest BCUT2D eigenvalue weighted by atomic mass is 10.1. The lowest BCUT2D eigenvalue weighted by Gasteiger charge is -2.03. The lowest BCUT2D eigenvalue weighted by Crippen LogP contribution is -1.89. The first kappa shape index (κ1) is 10.4. The van der Waals surface area contributed by atoms with E-state index in [-0.39, 0.29) is 11.6 Å². The molecule has 74 valence electrons. The molecule has 0 radical (unpaired) electrons. The molecule has 0 bridgehead atoms. The van der Waals surface area contributed by atoms with Crippen LogP contribution in [0.4, 0.5) is 4.39 Å². The molecule has 0 saturated heterocycles. The summed E-state index contributed by atoms with van der Waals surface area (Å²) in [5.41, 5.74) is 0.558. The van der Waals surface area contributed by atoms with E-state index in [1.54, 1.807) is 0 Å². The topological polar surface area (TPSA) is 26.3 Å². The van der Waals surface area contributed by atoms with E-state index in [1.165, 1.54) is 44.4 Å². The van der Waals surface area contributed by atoms with Gasteiger partial charge in [-0.15, -0.1) is 0 Å². The minimum Gasteiger partial charge on any atom is -0.496 e. The molecule has 0 N–H and O–H groups in total. The summed E-state index contributed by atoms with van der Waals surface area (Å²) in [7, 11) is 1.50. The van der Waals surface area contributed by atoms with E-state index in [0.717, 1.165) is 0 Å². The van der Waals surface area contributed by atoms with Crippen molar-refractivity contribution in [2.75, 3.05) is 7.11 Å². The maximum absolute atomic E-state index is 12.8. The first-order valence-electron chi connectivity index (χ1n) is 4.15. The number of carbonyl (C=O) groups excluding carboxylic acids is 1. The average Bonchev–Trinajstić information content (AvgIpc) is 2.15. The van der Waals surface area contributed by atoms with Crippen LogP contribution in [-0.2, 0) is 4.79 Å². The predicted octanol–water partition coefficient (Wildman–Crippen LogP) is 2.44. The van der Waals surface area contributed by atoms with Gasteiger partial charge in [0.15, 0.2) is 5.78 Å². The van der Waals surface area contributed by atoms with E-state index in [4.69, 9.17) is 4.74 Å². The maximum atomic E-state index is 12.8. The van der Waals surface area contributed by atoms with Crippen LogP contribution in [0.15, 0.2) is 24.3 Å². The third-order valence-electron chi connectivity index (χ3n) is 1.69. The monoisotopic (exact) mass is 194 g/mol. The molecule has 1 rings (SSSR count). The summed E-state index contributed by atoms with van der Waals surface area (Å²) in [6.07, 6.45) is 2.90. The summed E-state index contributed by atoms with van der Waals surface area (Å²) in [6, 6.07) is 4.15. The van der Waals surface area contributed by atoms with Gasteiger partial charge in [0.05, 0.1) is 7.11 Å². The number of methoxy groups -OCH3 is 1. The highest BCUT2D eigenvalue weighted by atomic mass is 19.1. The Bertz CT molecular complexity index is 370. The van der Waals surface area contributed by atoms with Crippen molar-refractivity contribution in [2.24, 2.45) is 0 Å². The zero-order chi connectivity index (χ0) is 10.6. The van der Waals surface area contributed by atoms with Crippen molar-refractivity contribution in [3.63, 3.8) is 0 Å². The van der Waals surface area contributed by atoms with Gasteiger partial charge in [-0.3, -0.25) is 4.79 Å². The standard InChI is InChI=1S/C11H11FO2/c1-8(13)3-4-9-7-10(12)5-6-11(9)14-2/h3-7H,1-2H3. The Labute approximate surface area is 82.0 Å². The third-order valence-corrected chi connectivity index (χ3v) is 1.69. The van der Waals surface area contributed by atoms with E-state index in [1.807, 2.05) is 0 Å². The van der Waals surface area contributed by atoms with Gasteiger partial charge in [0.25, 0.3) is 0 Å². The minimum atomic E-state index is -0.353. The number of ketones is 1. The Morgan fingerprint density at radius 2 is 2.21 bits per heavy atom. The quantitative estimate of drug-likeness (QED) is 0.691. The van der Waals surface area contributed by atoms with Crippen molar-refractivity contribution >= 4 is 11.9 Å². The second-order valence-electron chi connectivity index (χ2n) is 2.83. The second-order valence-corrected chi connectivity index (χ2v) is 2.83. The maximum Gasteiger partial charge on any atom is 0.152 e. The fourth-order valence-corrected chi connectivity index (χ4v) is 1.04. The zero-order valence-electron chi connectivity index (χ0n) is 8.08. The molecule has 3 heteroatoms. The number of halogens is 1. The molecule has 14 heavy (non-hydrogen) atoms. The molecule has 0 unspecified atom stereocenters. The molecule has 1 aromatic rings. The van der Waals surface area contributed by atoms with Crippen LogP contribution < -0.4 is 4.74 Å². The Kier molecular flexibility index (Phi) is 3.40. The number of hydrogen-bond acceptors (Lipinski definition) is 2. The van der Waals surface area contributed by atoms with Crippen LogP contribution in [0, 0.1) is 5.82 Å². The van der Waals surface area contributed by atoms with Gasteiger partial charge in [-0.25, -0.2) is 4.39 Å². The number of carbonyl (C=O) groups is 1. The molecular weight excluding hydrogens is 183 g/mol. The number of allylic oxidation sites excluding steroid dienone is 1. The van der Waals surface area contributed by atoms with Crippen LogP contribution in [-0.4, -0.2) is 12.9 Å². The summed E-state index contributed by atoms with van der Waals surface area (Å²) in [5, 5.41) is 0. The summed E-state index contributed by atoms with van der Waals surface area (Å²) in [6.45, 7) is 1.43. The van der Waals surface area contributed by atoms with Gasteiger partial charge in [0.2, 0.25) is 0 Å². The summed E-state index contributed by atoms with van der Waals surface area (Å²) < 4.78 is 17.8. The Morgan fingerprint density at radius 3 is 2.79 bits per heavy atom. The first-order valence-corrected chi connectivity index (χ1v) is 4.15. The van der Waals surface area contributed by atoms with E-state index in [9.17, 15) is 9.18 Å². The van der Waals surface area contributed by atoms with Crippen LogP contribution in [0.1, 0.15) is 12.5 Å². The molecule has 0 aromatic heterocycles. The van der Waals surface area contributed by atoms with Gasteiger partial charge in [0, 0.05) is 5.56 Å². The molecule has 1 aromatic carbocycles. The van der Waals surface area contributed by atoms with E-state index in [2.05, 4.69) is 0 Å². The first-order chi connectivity index (χ1) is 6.63. The van der Waals surface area contributed by atoms with Gasteiger partial charge >= 0.3 is 0 Å². The summed E-state index contributed by atoms with van der Waals surface area (Å²) in [4.78, 5) is 10.7. The van der Waals surface area contributed by atoms with Crippen molar-refractivity contribution in [1.82, 2.24) is 0 Å². The van der Waals surface area contributed by atoms with E-state index >= 15 is 0 Å². The molecule has 0 atom stereocenters. The van der Waals surface area contributed by atoms with E-state index in [0.29, 0.717) is 11.3 Å². The minimum absolute atomic E-state index is 0.0867. The largest absolute Gasteiger partial charge is 0.496 e. The molecule has 0 fully saturated rings. The highest BCUT2D eigenvalue weighted by Crippen LogP contribution is 2.20. The van der Waals surface area contributed by atoms with Gasteiger partial charge in [-0.1, -0.05) is 0 Å². The summed E-state index contributed by atoms with van der Waals surface area (Å²) in [5.74, 6) is 0.106. The molecule has 0 amide bonds. The van der Waals surface area contributed by atoms with Gasteiger partial charge in [0.1, 0.15) is 11.6 Å². The van der Waals surface area contributed by atoms with Crippen molar-refractivity contribution < 1.29 is 13.9 Å². The Hall–Kier alpha value is -1.64. The van der Waals surface area contributed by atoms with Gasteiger partial charge < -0.3 is 4.74 Å². The number of benzene rings is 1. The second kappa shape index (κ2) is 4.56. The zero-order valence-corrected chi connectivity index (χ0v) is 8.08. The average molecular weight is 194 g/mol. The molecular formula is C11H11FO2. The highest BCUT2D eigenvalue weighted by molar-refractivity contribution is 5.91. The van der Waals surface area contributed by atoms with Crippen molar-refractivity contribution in [1.29, 1.82) is 0 Å². The molecule has 0 aliphatic rings. The lowest BCUT2D eigenvalue weighted by molar-refractivity contribution is -0.112. The fraction of sp³-hybridized carbons (Fsp3) is 0.182. The van der Waals surface area contributed by atoms with Gasteiger partial charge in [-0.2, -0.15) is 0 Å². The van der Waals surface area contributed by atoms with Gasteiger partial charge in [-0.05, 0) is 37.3 Å². The number of rotatable bonds is 3. The van der Waals surface area contributed by atoms with Crippen LogP contribution in [0.3, 0.4) is 0 Å². The summed E-state index contributed by atoms with van der Waals surface area (Å²) >= 11 is 0. The van der Waals surface area contributed by atoms with Crippen LogP contribution in [0.5, 0.6) is 5.75 Å². The molecule has 0 aliphatic heterocycles. The number of hydrogen-bond donors (Lipinski definition) is 0. The van der Waals surface area contributed by atoms with Crippen LogP contribution in [0.2, 0.25) is 0 Å². The van der Waals surface area contributed by atoms with Crippen molar-refractivity contribution in [3.8, 4) is 5.75 Å². The molecule has 0 heterocycles.